The minimum absolute atomic E-state index is 0.491. The van der Waals surface area contributed by atoms with E-state index in [0.717, 1.165) is 5.23 Å². The molecule has 0 radical (unpaired) electrons. The van der Waals surface area contributed by atoms with E-state index in [1.807, 2.05) is 0 Å². The predicted octanol–water partition coefficient (Wildman–Crippen LogP) is -2.02. The second-order valence-electron chi connectivity index (χ2n) is 1.97. The average Bonchev–Trinajstić information content (AvgIpc) is 2.30. The summed E-state index contributed by atoms with van der Waals surface area (Å²) in [5.74, 6) is 11.3. The van der Waals surface area contributed by atoms with Gasteiger partial charge in [0.15, 0.2) is 5.82 Å². The fourth-order valence-corrected chi connectivity index (χ4v) is 0.789. The molecule has 0 aliphatic carbocycles. The van der Waals surface area contributed by atoms with Gasteiger partial charge in [-0.1, -0.05) is 0 Å². The molecule has 0 aromatic carbocycles. The van der Waals surface area contributed by atoms with Gasteiger partial charge >= 0.3 is 0 Å². The van der Waals surface area contributed by atoms with Gasteiger partial charge in [0, 0.05) is 0 Å². The lowest BCUT2D eigenvalue weighted by Gasteiger charge is -2.17. The largest absolute Gasteiger partial charge is 0.266 e. The molecule has 0 saturated heterocycles. The van der Waals surface area contributed by atoms with Crippen molar-refractivity contribution in [1.29, 1.82) is 0 Å². The Morgan fingerprint density at radius 3 is 3.00 bits per heavy atom. The average molecular weight is 154 g/mol. The maximum atomic E-state index is 5.45. The number of anilines is 2. The number of rotatable bonds is 0. The van der Waals surface area contributed by atoms with E-state index in [2.05, 4.69) is 20.8 Å². The molecular weight excluding hydrogens is 148 g/mol. The normalized spacial score (nSPS) is 16.4. The molecule has 1 aliphatic heterocycles. The van der Waals surface area contributed by atoms with E-state index in [4.69, 9.17) is 11.7 Å². The lowest BCUT2D eigenvalue weighted by atomic mass is 10.5. The van der Waals surface area contributed by atoms with E-state index in [1.165, 1.54) is 11.3 Å². The van der Waals surface area contributed by atoms with Gasteiger partial charge in [0.2, 0.25) is 0 Å². The van der Waals surface area contributed by atoms with Crippen molar-refractivity contribution in [2.75, 3.05) is 10.5 Å². The zero-order valence-electron chi connectivity index (χ0n) is 5.47. The molecule has 0 saturated carbocycles. The molecule has 8 nitrogen and oxygen atoms in total. The fraction of sp³-hybridized carbons (Fsp3) is 0. The van der Waals surface area contributed by atoms with Crippen LogP contribution in [-0.2, 0) is 0 Å². The molecule has 8 heteroatoms. The lowest BCUT2D eigenvalue weighted by Crippen LogP contribution is -2.50. The maximum Gasteiger partial charge on any atom is 0.195 e. The number of hydrogen-bond acceptors (Lipinski definition) is 8. The van der Waals surface area contributed by atoms with Gasteiger partial charge < -0.3 is 0 Å². The standard InChI is InChI=1S/C3H6N8/c4-10-2-1-6-9-7-3(2)8-11(10)5/h1H,4-5H2,(H,6,7,8). The topological polar surface area (TPSA) is 109 Å². The first-order valence-corrected chi connectivity index (χ1v) is 2.83. The van der Waals surface area contributed by atoms with Crippen molar-refractivity contribution in [2.45, 2.75) is 0 Å². The molecule has 0 fully saturated rings. The van der Waals surface area contributed by atoms with Crippen molar-refractivity contribution in [1.82, 2.24) is 20.6 Å². The Morgan fingerprint density at radius 1 is 1.45 bits per heavy atom. The van der Waals surface area contributed by atoms with Crippen molar-refractivity contribution in [3.05, 3.63) is 6.20 Å². The number of nitrogens with one attached hydrogen (secondary N) is 1. The summed E-state index contributed by atoms with van der Waals surface area (Å²) in [6.07, 6.45) is 1.46. The molecule has 0 atom stereocenters. The third-order valence-corrected chi connectivity index (χ3v) is 1.32. The van der Waals surface area contributed by atoms with E-state index in [9.17, 15) is 0 Å². The minimum atomic E-state index is 0.491. The van der Waals surface area contributed by atoms with Crippen LogP contribution >= 0.6 is 0 Å². The SMILES string of the molecule is NN1Nc2nnncc2N1N. The van der Waals surface area contributed by atoms with Crippen LogP contribution in [0, 0.1) is 0 Å². The number of nitrogens with zero attached hydrogens (tertiary/aromatic N) is 5. The van der Waals surface area contributed by atoms with Gasteiger partial charge in [0.25, 0.3) is 0 Å². The van der Waals surface area contributed by atoms with Crippen molar-refractivity contribution in [3.63, 3.8) is 0 Å². The van der Waals surface area contributed by atoms with E-state index in [-0.39, 0.29) is 0 Å². The van der Waals surface area contributed by atoms with Crippen LogP contribution < -0.4 is 22.2 Å². The zero-order valence-corrected chi connectivity index (χ0v) is 5.47. The number of aromatic nitrogens is 3. The highest BCUT2D eigenvalue weighted by atomic mass is 16.0. The van der Waals surface area contributed by atoms with E-state index in [0.29, 0.717) is 11.5 Å². The Bertz CT molecular complexity index is 272. The molecule has 1 aliphatic rings. The van der Waals surface area contributed by atoms with Crippen LogP contribution in [0.15, 0.2) is 6.20 Å². The maximum absolute atomic E-state index is 5.45. The van der Waals surface area contributed by atoms with E-state index in [1.54, 1.807) is 0 Å². The molecule has 2 heterocycles. The molecular formula is C3H6N8. The molecule has 11 heavy (non-hydrogen) atoms. The van der Waals surface area contributed by atoms with Crippen molar-refractivity contribution in [2.24, 2.45) is 11.7 Å². The first kappa shape index (κ1) is 6.22. The Morgan fingerprint density at radius 2 is 2.27 bits per heavy atom. The molecule has 2 rings (SSSR count). The number of hydrazine groups is 4. The summed E-state index contributed by atoms with van der Waals surface area (Å²) in [5.41, 5.74) is 3.23. The fourth-order valence-electron chi connectivity index (χ4n) is 0.789. The summed E-state index contributed by atoms with van der Waals surface area (Å²) >= 11 is 0. The second-order valence-corrected chi connectivity index (χ2v) is 1.97. The highest BCUT2D eigenvalue weighted by Gasteiger charge is 2.23. The van der Waals surface area contributed by atoms with Gasteiger partial charge in [-0.2, -0.15) is 0 Å². The molecule has 58 valence electrons. The van der Waals surface area contributed by atoms with Crippen LogP contribution in [0.25, 0.3) is 0 Å². The quantitative estimate of drug-likeness (QED) is 0.367. The first-order valence-electron chi connectivity index (χ1n) is 2.83. The highest BCUT2D eigenvalue weighted by Crippen LogP contribution is 2.24. The predicted molar refractivity (Wildman–Crippen MR) is 36.1 cm³/mol. The molecule has 0 bridgehead atoms. The summed E-state index contributed by atoms with van der Waals surface area (Å²) in [5, 5.41) is 12.8. The van der Waals surface area contributed by atoms with Gasteiger partial charge in [0.05, 0.1) is 6.20 Å². The monoisotopic (exact) mass is 154 g/mol. The first-order chi connectivity index (χ1) is 5.29. The van der Waals surface area contributed by atoms with Crippen molar-refractivity contribution < 1.29 is 0 Å². The highest BCUT2D eigenvalue weighted by molar-refractivity contribution is 5.65. The summed E-state index contributed by atoms with van der Waals surface area (Å²) in [7, 11) is 0. The second kappa shape index (κ2) is 1.99. The van der Waals surface area contributed by atoms with Crippen molar-refractivity contribution in [3.8, 4) is 0 Å². The van der Waals surface area contributed by atoms with Gasteiger partial charge in [-0.05, 0) is 10.4 Å². The van der Waals surface area contributed by atoms with Crippen LogP contribution in [0.2, 0.25) is 0 Å². The van der Waals surface area contributed by atoms with Crippen LogP contribution in [0.5, 0.6) is 0 Å². The molecule has 0 unspecified atom stereocenters. The molecule has 5 N–H and O–H groups in total. The van der Waals surface area contributed by atoms with Gasteiger partial charge in [0.1, 0.15) is 5.69 Å². The third-order valence-electron chi connectivity index (χ3n) is 1.32. The van der Waals surface area contributed by atoms with Crippen LogP contribution in [0.4, 0.5) is 11.5 Å². The smallest absolute Gasteiger partial charge is 0.195 e. The molecule has 1 aromatic rings. The van der Waals surface area contributed by atoms with Gasteiger partial charge in [-0.3, -0.25) is 5.43 Å². The van der Waals surface area contributed by atoms with E-state index < -0.39 is 0 Å². The van der Waals surface area contributed by atoms with Crippen molar-refractivity contribution >= 4 is 11.5 Å². The van der Waals surface area contributed by atoms with Gasteiger partial charge in [-0.25, -0.2) is 16.8 Å². The van der Waals surface area contributed by atoms with E-state index >= 15 is 0 Å². The summed E-state index contributed by atoms with van der Waals surface area (Å²) in [6.45, 7) is 0. The van der Waals surface area contributed by atoms with Crippen LogP contribution in [0.1, 0.15) is 0 Å². The summed E-state index contributed by atoms with van der Waals surface area (Å²) in [6, 6.07) is 0. The number of hydrogen-bond donors (Lipinski definition) is 3. The molecule has 0 spiro atoms. The number of fused-ring (bicyclic) bond motifs is 1. The Labute approximate surface area is 61.7 Å². The van der Waals surface area contributed by atoms with Gasteiger partial charge in [-0.15, -0.1) is 10.2 Å². The summed E-state index contributed by atoms with van der Waals surface area (Å²) < 4.78 is 0. The van der Waals surface area contributed by atoms with Crippen LogP contribution in [-0.4, -0.2) is 20.6 Å². The number of nitrogens with two attached hydrogens (primary N) is 2. The minimum Gasteiger partial charge on any atom is -0.266 e. The zero-order chi connectivity index (χ0) is 7.84. The lowest BCUT2D eigenvalue weighted by molar-refractivity contribution is 0.333. The Kier molecular flexibility index (Phi) is 1.12. The Hall–Kier alpha value is -1.51. The molecule has 1 aromatic heterocycles. The third kappa shape index (κ3) is 0.774. The molecule has 0 amide bonds. The van der Waals surface area contributed by atoms with Crippen LogP contribution in [0.3, 0.4) is 0 Å². The Balaban J connectivity index is 2.47. The summed E-state index contributed by atoms with van der Waals surface area (Å²) in [4.78, 5) is 0.